The van der Waals surface area contributed by atoms with Gasteiger partial charge in [0.2, 0.25) is 5.95 Å². The Hall–Kier alpha value is -6.52. The molecule has 4 nitrogen and oxygen atoms in total. The molecule has 0 saturated heterocycles. The van der Waals surface area contributed by atoms with E-state index in [4.69, 9.17) is 14.4 Å². The molecule has 0 N–H and O–H groups in total. The van der Waals surface area contributed by atoms with Crippen LogP contribution in [-0.4, -0.2) is 14.5 Å². The number of benzene rings is 8. The van der Waals surface area contributed by atoms with Crippen molar-refractivity contribution < 1.29 is 4.42 Å². The lowest BCUT2D eigenvalue weighted by molar-refractivity contribution is 0.669. The Morgan fingerprint density at radius 1 is 0.417 bits per heavy atom. The monoisotopic (exact) mass is 611 g/mol. The van der Waals surface area contributed by atoms with Gasteiger partial charge in [0.05, 0.1) is 22.2 Å². The van der Waals surface area contributed by atoms with Crippen LogP contribution in [0, 0.1) is 0 Å². The SMILES string of the molecule is c1ccc(-c2nc(-n3c4ccccc4c4cc5c(ccc6oc7ccccc7c65)cc43)nc3c4ccccc4c4ccccc4c23)cc1. The van der Waals surface area contributed by atoms with E-state index >= 15 is 0 Å². The molecule has 4 heteroatoms. The number of aromatic nitrogens is 3. The van der Waals surface area contributed by atoms with Crippen LogP contribution >= 0.6 is 0 Å². The fourth-order valence-electron chi connectivity index (χ4n) is 7.89. The quantitative estimate of drug-likeness (QED) is 0.183. The topological polar surface area (TPSA) is 43.9 Å². The maximum Gasteiger partial charge on any atom is 0.235 e. The Labute approximate surface area is 274 Å². The van der Waals surface area contributed by atoms with Crippen LogP contribution in [0.25, 0.3) is 104 Å². The van der Waals surface area contributed by atoms with Gasteiger partial charge in [0.1, 0.15) is 11.2 Å². The van der Waals surface area contributed by atoms with Crippen molar-refractivity contribution in [3.63, 3.8) is 0 Å². The molecule has 8 aromatic carbocycles. The van der Waals surface area contributed by atoms with Gasteiger partial charge in [0.15, 0.2) is 0 Å². The molecule has 0 atom stereocenters. The lowest BCUT2D eigenvalue weighted by Crippen LogP contribution is -2.04. The van der Waals surface area contributed by atoms with Crippen molar-refractivity contribution in [1.29, 1.82) is 0 Å². The Bertz CT molecular complexity index is 3120. The second kappa shape index (κ2) is 9.50. The van der Waals surface area contributed by atoms with Crippen molar-refractivity contribution in [2.45, 2.75) is 0 Å². The third kappa shape index (κ3) is 3.43. The highest BCUT2D eigenvalue weighted by molar-refractivity contribution is 6.27. The molecule has 0 amide bonds. The summed E-state index contributed by atoms with van der Waals surface area (Å²) in [6.07, 6.45) is 0. The summed E-state index contributed by atoms with van der Waals surface area (Å²) in [6, 6.07) is 53.5. The summed E-state index contributed by atoms with van der Waals surface area (Å²) in [4.78, 5) is 11.0. The van der Waals surface area contributed by atoms with E-state index in [1.807, 2.05) is 12.1 Å². The van der Waals surface area contributed by atoms with Crippen molar-refractivity contribution in [2.75, 3.05) is 0 Å². The predicted octanol–water partition coefficient (Wildman–Crippen LogP) is 11.8. The first-order chi connectivity index (χ1) is 23.8. The molecular formula is C44H25N3O. The second-order valence-electron chi connectivity index (χ2n) is 12.5. The fourth-order valence-corrected chi connectivity index (χ4v) is 7.89. The first kappa shape index (κ1) is 25.6. The fraction of sp³-hybridized carbons (Fsp3) is 0. The molecule has 3 aromatic heterocycles. The maximum atomic E-state index is 6.27. The van der Waals surface area contributed by atoms with Crippen LogP contribution < -0.4 is 0 Å². The van der Waals surface area contributed by atoms with Crippen molar-refractivity contribution in [3.05, 3.63) is 152 Å². The highest BCUT2D eigenvalue weighted by atomic mass is 16.3. The van der Waals surface area contributed by atoms with Gasteiger partial charge in [-0.25, -0.2) is 9.97 Å². The third-order valence-corrected chi connectivity index (χ3v) is 9.96. The normalized spacial score (nSPS) is 12.2. The number of rotatable bonds is 2. The minimum Gasteiger partial charge on any atom is -0.456 e. The van der Waals surface area contributed by atoms with Gasteiger partial charge in [0.25, 0.3) is 0 Å². The van der Waals surface area contributed by atoms with Gasteiger partial charge >= 0.3 is 0 Å². The number of furan rings is 1. The van der Waals surface area contributed by atoms with Crippen LogP contribution in [0.2, 0.25) is 0 Å². The first-order valence-electron chi connectivity index (χ1n) is 16.3. The summed E-state index contributed by atoms with van der Waals surface area (Å²) in [7, 11) is 0. The Kier molecular flexibility index (Phi) is 5.08. The lowest BCUT2D eigenvalue weighted by Gasteiger charge is -2.16. The van der Waals surface area contributed by atoms with Crippen LogP contribution in [0.3, 0.4) is 0 Å². The average Bonchev–Trinajstić information content (AvgIpc) is 3.69. The van der Waals surface area contributed by atoms with Gasteiger partial charge < -0.3 is 4.42 Å². The van der Waals surface area contributed by atoms with Gasteiger partial charge in [-0.15, -0.1) is 0 Å². The van der Waals surface area contributed by atoms with E-state index in [1.165, 1.54) is 16.2 Å². The maximum absolute atomic E-state index is 6.27. The Balaban J connectivity index is 1.32. The molecule has 0 aliphatic heterocycles. The molecule has 11 aromatic rings. The lowest BCUT2D eigenvalue weighted by atomic mass is 9.94. The van der Waals surface area contributed by atoms with Crippen LogP contribution in [0.15, 0.2) is 156 Å². The summed E-state index contributed by atoms with van der Waals surface area (Å²) in [5, 5.41) is 12.6. The molecule has 0 aliphatic rings. The number of para-hydroxylation sites is 2. The van der Waals surface area contributed by atoms with Crippen LogP contribution in [-0.2, 0) is 0 Å². The van der Waals surface area contributed by atoms with E-state index in [2.05, 4.69) is 144 Å². The van der Waals surface area contributed by atoms with Gasteiger partial charge in [-0.05, 0) is 57.3 Å². The Morgan fingerprint density at radius 3 is 1.92 bits per heavy atom. The molecule has 0 radical (unpaired) electrons. The first-order valence-corrected chi connectivity index (χ1v) is 16.3. The van der Waals surface area contributed by atoms with Gasteiger partial charge in [-0.2, -0.15) is 0 Å². The molecule has 222 valence electrons. The number of fused-ring (bicyclic) bond motifs is 14. The smallest absolute Gasteiger partial charge is 0.235 e. The molecular weight excluding hydrogens is 587 g/mol. The van der Waals surface area contributed by atoms with E-state index in [1.54, 1.807) is 0 Å². The molecule has 0 unspecified atom stereocenters. The van der Waals surface area contributed by atoms with Gasteiger partial charge in [-0.1, -0.05) is 121 Å². The summed E-state index contributed by atoms with van der Waals surface area (Å²) >= 11 is 0. The van der Waals surface area contributed by atoms with Crippen LogP contribution in [0.4, 0.5) is 0 Å². The van der Waals surface area contributed by atoms with Crippen molar-refractivity contribution in [3.8, 4) is 17.2 Å². The van der Waals surface area contributed by atoms with E-state index in [0.717, 1.165) is 82.1 Å². The van der Waals surface area contributed by atoms with E-state index in [0.29, 0.717) is 5.95 Å². The van der Waals surface area contributed by atoms with Crippen LogP contribution in [0.1, 0.15) is 0 Å². The molecule has 0 bridgehead atoms. The number of hydrogen-bond acceptors (Lipinski definition) is 3. The summed E-state index contributed by atoms with van der Waals surface area (Å²) < 4.78 is 8.52. The summed E-state index contributed by atoms with van der Waals surface area (Å²) in [5.74, 6) is 0.655. The molecule has 11 rings (SSSR count). The minimum absolute atomic E-state index is 0.655. The summed E-state index contributed by atoms with van der Waals surface area (Å²) in [6.45, 7) is 0. The average molecular weight is 612 g/mol. The standard InChI is InChI=1S/C44H25N3O/c1-2-12-26(13-3-1)42-41-31-17-6-4-14-28(31)29-15-5-7-18-32(29)43(41)46-44(45-42)47-36-20-10-8-16-30(36)35-25-34-27(24-37(35)47)22-23-39-40(34)33-19-9-11-21-38(33)48-39/h1-25H. The number of hydrogen-bond donors (Lipinski definition) is 0. The van der Waals surface area contributed by atoms with Gasteiger partial charge in [-0.3, -0.25) is 4.57 Å². The Morgan fingerprint density at radius 2 is 1.08 bits per heavy atom. The molecule has 0 aliphatic carbocycles. The minimum atomic E-state index is 0.655. The molecule has 0 spiro atoms. The zero-order valence-corrected chi connectivity index (χ0v) is 25.7. The van der Waals surface area contributed by atoms with Crippen LogP contribution in [0.5, 0.6) is 0 Å². The van der Waals surface area contributed by atoms with Crippen molar-refractivity contribution in [1.82, 2.24) is 14.5 Å². The predicted molar refractivity (Wildman–Crippen MR) is 199 cm³/mol. The second-order valence-corrected chi connectivity index (χ2v) is 12.5. The van der Waals surface area contributed by atoms with Gasteiger partial charge in [0, 0.05) is 37.9 Å². The highest BCUT2D eigenvalue weighted by Gasteiger charge is 2.21. The van der Waals surface area contributed by atoms with Crippen molar-refractivity contribution >= 4 is 87.0 Å². The highest BCUT2D eigenvalue weighted by Crippen LogP contribution is 2.42. The molecule has 3 heterocycles. The van der Waals surface area contributed by atoms with E-state index < -0.39 is 0 Å². The molecule has 0 saturated carbocycles. The summed E-state index contributed by atoms with van der Waals surface area (Å²) in [5.41, 5.74) is 6.88. The van der Waals surface area contributed by atoms with E-state index in [-0.39, 0.29) is 0 Å². The third-order valence-electron chi connectivity index (χ3n) is 9.96. The number of nitrogens with zero attached hydrogens (tertiary/aromatic N) is 3. The molecule has 48 heavy (non-hydrogen) atoms. The zero-order chi connectivity index (χ0) is 31.3. The largest absolute Gasteiger partial charge is 0.456 e. The zero-order valence-electron chi connectivity index (χ0n) is 25.7. The molecule has 0 fully saturated rings. The van der Waals surface area contributed by atoms with Crippen molar-refractivity contribution in [2.24, 2.45) is 0 Å². The van der Waals surface area contributed by atoms with E-state index in [9.17, 15) is 0 Å².